The van der Waals surface area contributed by atoms with Gasteiger partial charge in [0, 0.05) is 49.3 Å². The average Bonchev–Trinajstić information content (AvgIpc) is 3.52. The summed E-state index contributed by atoms with van der Waals surface area (Å²) >= 11 is 0. The maximum absolute atomic E-state index is 15.1. The van der Waals surface area contributed by atoms with Crippen molar-refractivity contribution in [3.8, 4) is 0 Å². The molecule has 1 heterocycles. The van der Waals surface area contributed by atoms with Crippen molar-refractivity contribution >= 4 is 65.0 Å². The molecule has 5 N–H and O–H groups in total. The van der Waals surface area contributed by atoms with Gasteiger partial charge >= 0.3 is 0 Å². The molecule has 84 heavy (non-hydrogen) atoms. The zero-order valence-electron chi connectivity index (χ0n) is 55.2. The molecule has 0 unspecified atom stereocenters. The second-order valence-electron chi connectivity index (χ2n) is 25.8. The molecule has 12 atom stereocenters. The summed E-state index contributed by atoms with van der Waals surface area (Å²) in [5, 5.41) is 22.9. The lowest BCUT2D eigenvalue weighted by Gasteiger charge is -2.41. The molecular weight excluding hydrogens is 1080 g/mol. The Kier molecular flexibility index (Phi) is 30.8. The summed E-state index contributed by atoms with van der Waals surface area (Å²) in [7, 11) is 9.87. The van der Waals surface area contributed by atoms with E-state index in [2.05, 4.69) is 27.8 Å². The Morgan fingerprint density at radius 1 is 0.464 bits per heavy atom. The number of allylic oxidation sites excluding steroid dienone is 1. The molecule has 1 fully saturated rings. The number of nitrogens with zero attached hydrogens (tertiary/aromatic N) is 7. The van der Waals surface area contributed by atoms with Gasteiger partial charge in [-0.2, -0.15) is 0 Å². The Bertz CT molecular complexity index is 2290. The van der Waals surface area contributed by atoms with Crippen LogP contribution >= 0.6 is 0 Å². The topological polar surface area (TPSA) is 279 Å². The van der Waals surface area contributed by atoms with Crippen molar-refractivity contribution in [1.29, 1.82) is 0 Å². The maximum Gasteiger partial charge on any atom is 0.246 e. The summed E-state index contributed by atoms with van der Waals surface area (Å²) in [6.07, 6.45) is 0.892. The van der Waals surface area contributed by atoms with E-state index in [0.29, 0.717) is 0 Å². The zero-order chi connectivity index (χ0) is 65.3. The minimum absolute atomic E-state index is 0.0170. The average molecular weight is 1190 g/mol. The van der Waals surface area contributed by atoms with Crippen LogP contribution in [-0.2, 0) is 52.7 Å². The van der Waals surface area contributed by atoms with Gasteiger partial charge in [-0.1, -0.05) is 103 Å². The molecule has 0 aromatic carbocycles. The van der Waals surface area contributed by atoms with Gasteiger partial charge in [-0.15, -0.1) is 6.58 Å². The summed E-state index contributed by atoms with van der Waals surface area (Å²) in [6.45, 7) is 31.2. The highest BCUT2D eigenvalue weighted by Gasteiger charge is 2.45. The van der Waals surface area contributed by atoms with E-state index >= 15 is 9.59 Å². The Hall–Kier alpha value is -6.13. The van der Waals surface area contributed by atoms with Crippen molar-refractivity contribution < 1.29 is 57.8 Å². The van der Waals surface area contributed by atoms with Gasteiger partial charge in [0.2, 0.25) is 65.0 Å². The van der Waals surface area contributed by atoms with Gasteiger partial charge in [0.25, 0.3) is 0 Å². The molecule has 0 aromatic heterocycles. The van der Waals surface area contributed by atoms with Crippen LogP contribution in [0, 0.1) is 41.4 Å². The van der Waals surface area contributed by atoms with Gasteiger partial charge in [-0.3, -0.25) is 52.7 Å². The van der Waals surface area contributed by atoms with Crippen molar-refractivity contribution in [2.45, 2.75) is 216 Å². The molecule has 0 spiro atoms. The first kappa shape index (κ1) is 75.9. The summed E-state index contributed by atoms with van der Waals surface area (Å²) in [5.74, 6) is -9.81. The molecular formula is C61H109N11O12. The van der Waals surface area contributed by atoms with Gasteiger partial charge in [0.1, 0.15) is 60.4 Å². The number of carbonyl (C=O) groups excluding carboxylic acids is 11. The fourth-order valence-corrected chi connectivity index (χ4v) is 10.6. The number of aliphatic hydroxyl groups excluding tert-OH is 1. The second-order valence-corrected chi connectivity index (χ2v) is 25.8. The smallest absolute Gasteiger partial charge is 0.246 e. The van der Waals surface area contributed by atoms with Crippen molar-refractivity contribution in [3.63, 3.8) is 0 Å². The molecule has 1 rings (SSSR count). The highest BCUT2D eigenvalue weighted by Crippen LogP contribution is 2.25. The number of rotatable bonds is 15. The Balaban J connectivity index is 4.30. The Morgan fingerprint density at radius 3 is 1.31 bits per heavy atom. The third-order valence-corrected chi connectivity index (χ3v) is 15.9. The van der Waals surface area contributed by atoms with Crippen molar-refractivity contribution in [2.24, 2.45) is 41.4 Å². The number of hydrogen-bond donors (Lipinski definition) is 5. The quantitative estimate of drug-likeness (QED) is 0.148. The lowest BCUT2D eigenvalue weighted by Crippen LogP contribution is -2.63. The van der Waals surface area contributed by atoms with Crippen LogP contribution < -0.4 is 21.3 Å². The van der Waals surface area contributed by atoms with E-state index < -0.39 is 156 Å². The van der Waals surface area contributed by atoms with Crippen LogP contribution in [-0.4, -0.2) is 227 Å². The number of amides is 11. The third-order valence-electron chi connectivity index (χ3n) is 15.9. The summed E-state index contributed by atoms with van der Waals surface area (Å²) < 4.78 is 0. The number of hydrogen-bond acceptors (Lipinski definition) is 12. The highest BCUT2D eigenvalue weighted by molar-refractivity contribution is 5.99. The molecule has 1 saturated heterocycles. The first-order chi connectivity index (χ1) is 38.7. The van der Waals surface area contributed by atoms with E-state index in [1.54, 1.807) is 47.6 Å². The first-order valence-corrected chi connectivity index (χ1v) is 30.1. The molecule has 1 aliphatic heterocycles. The normalized spacial score (nSPS) is 26.9. The minimum Gasteiger partial charge on any atom is -0.390 e. The summed E-state index contributed by atoms with van der Waals surface area (Å²) in [4.78, 5) is 168. The maximum atomic E-state index is 15.1. The second kappa shape index (κ2) is 34.1. The summed E-state index contributed by atoms with van der Waals surface area (Å²) in [6, 6.07) is -12.4. The molecule has 1 aliphatic rings. The van der Waals surface area contributed by atoms with E-state index in [1.807, 2.05) is 55.4 Å². The molecule has 0 radical (unpaired) electrons. The first-order valence-electron chi connectivity index (χ1n) is 30.1. The van der Waals surface area contributed by atoms with Crippen LogP contribution in [0.2, 0.25) is 0 Å². The highest BCUT2D eigenvalue weighted by atomic mass is 16.3. The van der Waals surface area contributed by atoms with Gasteiger partial charge in [-0.25, -0.2) is 0 Å². The van der Waals surface area contributed by atoms with Crippen molar-refractivity contribution in [2.75, 3.05) is 55.9 Å². The fraction of sp³-hybridized carbons (Fsp3) is 0.787. The zero-order valence-corrected chi connectivity index (χ0v) is 55.2. The van der Waals surface area contributed by atoms with Crippen LogP contribution in [0.1, 0.15) is 149 Å². The third kappa shape index (κ3) is 20.8. The Morgan fingerprint density at radius 2 is 0.869 bits per heavy atom. The van der Waals surface area contributed by atoms with Crippen molar-refractivity contribution in [1.82, 2.24) is 55.6 Å². The SMILES string of the molecule is C=CC[C@@H](C)[C@@H](O)[C@H]1C(=O)N[C@@H](CC)C(=O)N(C)CC(=O)N(C)[C@@H](CC(C)C)C(=O)N[C@@H](C(C)C)C(=O)N(C)[C@@H](CC(C)C)C(=O)N[C@@H](C)C(=O)N[C@H](C)C(=O)N(C)[C@@H](CC(C)C)C(=O)N(C)[C@@H](CC(C)C)C(=O)N(C)[C@@H](C(C)C)C(=O)N1C. The summed E-state index contributed by atoms with van der Waals surface area (Å²) in [5.41, 5.74) is 0. The largest absolute Gasteiger partial charge is 0.390 e. The lowest BCUT2D eigenvalue weighted by atomic mass is 9.91. The van der Waals surface area contributed by atoms with Gasteiger partial charge in [0.15, 0.2) is 0 Å². The number of likely N-dealkylation sites (N-methyl/N-ethyl adjacent to an activating group) is 7. The van der Waals surface area contributed by atoms with Crippen LogP contribution in [0.3, 0.4) is 0 Å². The van der Waals surface area contributed by atoms with E-state index in [1.165, 1.54) is 87.7 Å². The molecule has 23 heteroatoms. The monoisotopic (exact) mass is 1190 g/mol. The van der Waals surface area contributed by atoms with E-state index in [4.69, 9.17) is 0 Å². The fourth-order valence-electron chi connectivity index (χ4n) is 10.6. The number of carbonyl (C=O) groups is 11. The molecule has 0 saturated carbocycles. The number of nitrogens with one attached hydrogen (secondary N) is 4. The van der Waals surface area contributed by atoms with E-state index in [-0.39, 0.29) is 62.2 Å². The van der Waals surface area contributed by atoms with E-state index in [9.17, 15) is 48.3 Å². The molecule has 480 valence electrons. The lowest BCUT2D eigenvalue weighted by molar-refractivity contribution is -0.157. The van der Waals surface area contributed by atoms with Crippen molar-refractivity contribution in [3.05, 3.63) is 12.7 Å². The molecule has 0 aromatic rings. The van der Waals surface area contributed by atoms with Gasteiger partial charge in [0.05, 0.1) is 12.6 Å². The standard InChI is InChI=1S/C61H109N11O12/c1-25-27-39(15)51(74)50-55(78)64-42(26-2)57(80)66(18)32-47(73)67(19)43(28-33(3)4)54(77)65-48(37(11)12)60(83)68(20)44(29-34(5)6)53(76)62-40(16)52(75)63-41(17)56(79)69(21)45(30-35(7)8)58(81)70(22)46(31-36(9)10)59(82)71(23)49(38(13)14)61(84)72(50)24/h25,33-46,48-51,74H,1,26-32H2,2-24H3,(H,62,76)(H,63,75)(H,64,78)(H,65,77)/t39-,40+,41-,42+,43+,44+,45+,46+,48+,49+,50+,51-/m1/s1. The van der Waals surface area contributed by atoms with Crippen LogP contribution in [0.4, 0.5) is 0 Å². The van der Waals surface area contributed by atoms with Crippen LogP contribution in [0.5, 0.6) is 0 Å². The molecule has 11 amide bonds. The number of aliphatic hydroxyl groups is 1. The predicted molar refractivity (Wildman–Crippen MR) is 324 cm³/mol. The van der Waals surface area contributed by atoms with E-state index in [0.717, 1.165) is 9.80 Å². The molecule has 23 nitrogen and oxygen atoms in total. The van der Waals surface area contributed by atoms with Gasteiger partial charge < -0.3 is 60.7 Å². The predicted octanol–water partition coefficient (Wildman–Crippen LogP) is 2.88. The Labute approximate surface area is 502 Å². The van der Waals surface area contributed by atoms with Crippen LogP contribution in [0.15, 0.2) is 12.7 Å². The molecule has 0 aliphatic carbocycles. The molecule has 0 bridgehead atoms. The minimum atomic E-state index is -1.62. The van der Waals surface area contributed by atoms with Gasteiger partial charge in [-0.05, 0) is 93.8 Å². The van der Waals surface area contributed by atoms with Crippen LogP contribution in [0.25, 0.3) is 0 Å².